The maximum atomic E-state index is 13.4. The van der Waals surface area contributed by atoms with Crippen LogP contribution in [0.15, 0.2) is 70.1 Å². The van der Waals surface area contributed by atoms with Gasteiger partial charge in [-0.2, -0.15) is 0 Å². The molecule has 0 bridgehead atoms. The van der Waals surface area contributed by atoms with E-state index in [1.807, 2.05) is 19.1 Å². The van der Waals surface area contributed by atoms with Gasteiger partial charge in [-0.1, -0.05) is 13.0 Å². The fraction of sp³-hybridized carbons (Fsp3) is 0.222. The molecule has 8 heteroatoms. The number of fused-ring (bicyclic) bond motifs is 2. The number of hydrogen-bond donors (Lipinski definition) is 0. The van der Waals surface area contributed by atoms with E-state index in [0.29, 0.717) is 59.0 Å². The molecule has 8 nitrogen and oxygen atoms in total. The molecular weight excluding hydrogens is 450 g/mol. The maximum absolute atomic E-state index is 13.4. The predicted molar refractivity (Wildman–Crippen MR) is 130 cm³/mol. The lowest BCUT2D eigenvalue weighted by Gasteiger charge is -2.13. The van der Waals surface area contributed by atoms with Gasteiger partial charge in [0.05, 0.1) is 29.1 Å². The van der Waals surface area contributed by atoms with Gasteiger partial charge in [-0.05, 0) is 53.4 Å². The highest BCUT2D eigenvalue weighted by Gasteiger charge is 2.16. The van der Waals surface area contributed by atoms with E-state index < -0.39 is 4.92 Å². The van der Waals surface area contributed by atoms with Crippen LogP contribution in [-0.4, -0.2) is 18.1 Å². The summed E-state index contributed by atoms with van der Waals surface area (Å²) in [5.74, 6) is 1.88. The fourth-order valence-electron chi connectivity index (χ4n) is 4.02. The van der Waals surface area contributed by atoms with Crippen LogP contribution < -0.4 is 19.6 Å². The van der Waals surface area contributed by atoms with E-state index in [-0.39, 0.29) is 17.7 Å². The highest BCUT2D eigenvalue weighted by molar-refractivity contribution is 5.84. The molecule has 1 aliphatic heterocycles. The summed E-state index contributed by atoms with van der Waals surface area (Å²) in [5, 5.41) is 11.3. The minimum absolute atomic E-state index is 0.0276. The van der Waals surface area contributed by atoms with Gasteiger partial charge in [0.2, 0.25) is 5.43 Å². The molecule has 0 spiro atoms. The molecule has 2 heterocycles. The smallest absolute Gasteiger partial charge is 0.269 e. The number of non-ortho nitro benzene ring substituents is 1. The minimum Gasteiger partial charge on any atom is -0.490 e. The SMILES string of the molecule is CCc1cc2c(=O)c(-c3ccc4c(c3)OCCCO4)coc2cc1OCc1ccc([N+](=O)[O-])cc1. The Morgan fingerprint density at radius 1 is 1.00 bits per heavy atom. The number of nitro groups is 1. The van der Waals surface area contributed by atoms with Crippen LogP contribution >= 0.6 is 0 Å². The molecule has 0 unspecified atom stereocenters. The fourth-order valence-corrected chi connectivity index (χ4v) is 4.02. The summed E-state index contributed by atoms with van der Waals surface area (Å²) in [6.07, 6.45) is 2.91. The molecule has 5 rings (SSSR count). The van der Waals surface area contributed by atoms with E-state index in [4.69, 9.17) is 18.6 Å². The van der Waals surface area contributed by atoms with Crippen molar-refractivity contribution in [2.45, 2.75) is 26.4 Å². The van der Waals surface area contributed by atoms with Crippen LogP contribution in [-0.2, 0) is 13.0 Å². The van der Waals surface area contributed by atoms with Crippen molar-refractivity contribution in [3.8, 4) is 28.4 Å². The summed E-state index contributed by atoms with van der Waals surface area (Å²) < 4.78 is 23.3. The van der Waals surface area contributed by atoms with Crippen LogP contribution in [0.25, 0.3) is 22.1 Å². The molecule has 4 aromatic rings. The molecule has 0 fully saturated rings. The van der Waals surface area contributed by atoms with Gasteiger partial charge in [-0.3, -0.25) is 14.9 Å². The number of aryl methyl sites for hydroxylation is 1. The Morgan fingerprint density at radius 3 is 2.51 bits per heavy atom. The molecule has 1 aliphatic rings. The van der Waals surface area contributed by atoms with Crippen LogP contribution in [0.1, 0.15) is 24.5 Å². The minimum atomic E-state index is -0.439. The van der Waals surface area contributed by atoms with Gasteiger partial charge in [0.15, 0.2) is 11.5 Å². The van der Waals surface area contributed by atoms with Gasteiger partial charge in [-0.25, -0.2) is 0 Å². The lowest BCUT2D eigenvalue weighted by atomic mass is 10.0. The molecule has 0 saturated carbocycles. The summed E-state index contributed by atoms with van der Waals surface area (Å²) in [5.41, 5.74) is 3.10. The van der Waals surface area contributed by atoms with Gasteiger partial charge in [0.25, 0.3) is 5.69 Å². The monoisotopic (exact) mass is 473 g/mol. The third-order valence-electron chi connectivity index (χ3n) is 5.94. The van der Waals surface area contributed by atoms with Gasteiger partial charge >= 0.3 is 0 Å². The molecule has 0 N–H and O–H groups in total. The summed E-state index contributed by atoms with van der Waals surface area (Å²) in [4.78, 5) is 23.8. The summed E-state index contributed by atoms with van der Waals surface area (Å²) in [6.45, 7) is 3.37. The van der Waals surface area contributed by atoms with Crippen molar-refractivity contribution in [2.75, 3.05) is 13.2 Å². The van der Waals surface area contributed by atoms with Gasteiger partial charge in [-0.15, -0.1) is 0 Å². The molecule has 35 heavy (non-hydrogen) atoms. The highest BCUT2D eigenvalue weighted by Crippen LogP contribution is 2.34. The Balaban J connectivity index is 1.45. The predicted octanol–water partition coefficient (Wildman–Crippen LogP) is 5.67. The van der Waals surface area contributed by atoms with E-state index >= 15 is 0 Å². The Bertz CT molecular complexity index is 1460. The van der Waals surface area contributed by atoms with Gasteiger partial charge in [0.1, 0.15) is 24.2 Å². The number of nitrogens with zero attached hydrogens (tertiary/aromatic N) is 1. The molecule has 0 amide bonds. The average Bonchev–Trinajstić information content (AvgIpc) is 3.12. The second-order valence-electron chi connectivity index (χ2n) is 8.21. The van der Waals surface area contributed by atoms with Gasteiger partial charge in [0, 0.05) is 24.6 Å². The van der Waals surface area contributed by atoms with E-state index in [2.05, 4.69) is 0 Å². The Kier molecular flexibility index (Phi) is 6.10. The number of nitro benzene ring substituents is 1. The zero-order valence-electron chi connectivity index (χ0n) is 19.1. The van der Waals surface area contributed by atoms with Crippen molar-refractivity contribution in [2.24, 2.45) is 0 Å². The third-order valence-corrected chi connectivity index (χ3v) is 5.94. The zero-order valence-corrected chi connectivity index (χ0v) is 19.1. The second-order valence-corrected chi connectivity index (χ2v) is 8.21. The van der Waals surface area contributed by atoms with Crippen LogP contribution in [0.5, 0.6) is 17.2 Å². The van der Waals surface area contributed by atoms with Crippen molar-refractivity contribution in [3.05, 3.63) is 92.3 Å². The lowest BCUT2D eigenvalue weighted by Crippen LogP contribution is -2.07. The van der Waals surface area contributed by atoms with Crippen LogP contribution in [0, 0.1) is 10.1 Å². The standard InChI is InChI=1S/C27H23NO7/c1-2-18-12-21-25(14-24(18)34-15-17-4-7-20(8-5-17)28(30)31)35-16-22(27(21)29)19-6-9-23-26(13-19)33-11-3-10-32-23/h4-9,12-14,16H,2-3,10-11,15H2,1H3. The molecular formula is C27H23NO7. The highest BCUT2D eigenvalue weighted by atomic mass is 16.6. The van der Waals surface area contributed by atoms with E-state index in [9.17, 15) is 14.9 Å². The number of ether oxygens (including phenoxy) is 3. The molecule has 1 aromatic heterocycles. The van der Waals surface area contributed by atoms with Crippen molar-refractivity contribution >= 4 is 16.7 Å². The summed E-state index contributed by atoms with van der Waals surface area (Å²) in [6, 6.07) is 15.2. The summed E-state index contributed by atoms with van der Waals surface area (Å²) >= 11 is 0. The maximum Gasteiger partial charge on any atom is 0.269 e. The first kappa shape index (κ1) is 22.5. The van der Waals surface area contributed by atoms with E-state index in [1.165, 1.54) is 18.4 Å². The molecule has 0 aliphatic carbocycles. The van der Waals surface area contributed by atoms with Crippen LogP contribution in [0.3, 0.4) is 0 Å². The van der Waals surface area contributed by atoms with Crippen molar-refractivity contribution in [1.29, 1.82) is 0 Å². The second kappa shape index (κ2) is 9.50. The Hall–Kier alpha value is -4.33. The molecule has 0 atom stereocenters. The number of hydrogen-bond acceptors (Lipinski definition) is 7. The largest absolute Gasteiger partial charge is 0.490 e. The summed E-state index contributed by atoms with van der Waals surface area (Å²) in [7, 11) is 0. The van der Waals surface area contributed by atoms with Crippen LogP contribution in [0.4, 0.5) is 5.69 Å². The van der Waals surface area contributed by atoms with Crippen molar-refractivity contribution in [1.82, 2.24) is 0 Å². The number of benzene rings is 3. The van der Waals surface area contributed by atoms with Gasteiger partial charge < -0.3 is 18.6 Å². The molecule has 178 valence electrons. The quantitative estimate of drug-likeness (QED) is 0.263. The normalized spacial score (nSPS) is 12.8. The molecule has 0 saturated heterocycles. The van der Waals surface area contributed by atoms with Crippen molar-refractivity contribution < 1.29 is 23.6 Å². The van der Waals surface area contributed by atoms with Crippen LogP contribution in [0.2, 0.25) is 0 Å². The average molecular weight is 473 g/mol. The van der Waals surface area contributed by atoms with Crippen molar-refractivity contribution in [3.63, 3.8) is 0 Å². The van der Waals surface area contributed by atoms with E-state index in [1.54, 1.807) is 30.3 Å². The topological polar surface area (TPSA) is 101 Å². The molecule has 3 aromatic carbocycles. The molecule has 0 radical (unpaired) electrons. The first-order chi connectivity index (χ1) is 17.0. The third kappa shape index (κ3) is 4.55. The first-order valence-electron chi connectivity index (χ1n) is 11.4. The lowest BCUT2D eigenvalue weighted by molar-refractivity contribution is -0.384. The first-order valence-corrected chi connectivity index (χ1v) is 11.4. The van der Waals surface area contributed by atoms with E-state index in [0.717, 1.165) is 17.5 Å². The Morgan fingerprint density at radius 2 is 1.77 bits per heavy atom. The Labute approximate surface area is 200 Å². The number of rotatable bonds is 6. The zero-order chi connectivity index (χ0) is 24.4.